The molecule has 3 heteroatoms. The fraction of sp³-hybridized carbons (Fsp3) is 0.200. The van der Waals surface area contributed by atoms with Crippen LogP contribution in [-0.4, -0.2) is 18.4 Å². The first-order valence-corrected chi connectivity index (χ1v) is 4.08. The van der Waals surface area contributed by atoms with Crippen LogP contribution in [0.25, 0.3) is 0 Å². The van der Waals surface area contributed by atoms with Crippen molar-refractivity contribution < 1.29 is 9.53 Å². The summed E-state index contributed by atoms with van der Waals surface area (Å²) < 4.78 is 4.91. The van der Waals surface area contributed by atoms with Gasteiger partial charge in [0.25, 0.3) is 0 Å². The van der Waals surface area contributed by atoms with Gasteiger partial charge in [0, 0.05) is 5.56 Å². The molecule has 0 unspecified atom stereocenters. The van der Waals surface area contributed by atoms with Gasteiger partial charge in [0.2, 0.25) is 5.90 Å². The van der Waals surface area contributed by atoms with Crippen molar-refractivity contribution in [1.29, 1.82) is 0 Å². The van der Waals surface area contributed by atoms with E-state index in [-0.39, 0.29) is 12.5 Å². The zero-order valence-corrected chi connectivity index (χ0v) is 7.28. The van der Waals surface area contributed by atoms with Gasteiger partial charge in [-0.15, -0.1) is 0 Å². The Kier molecular flexibility index (Phi) is 1.85. The van der Waals surface area contributed by atoms with E-state index in [0.29, 0.717) is 5.90 Å². The fourth-order valence-corrected chi connectivity index (χ4v) is 1.24. The number of rotatable bonds is 1. The van der Waals surface area contributed by atoms with E-state index in [2.05, 4.69) is 4.99 Å². The van der Waals surface area contributed by atoms with Gasteiger partial charge in [0.05, 0.1) is 0 Å². The number of carbonyl (C=O) groups is 1. The summed E-state index contributed by atoms with van der Waals surface area (Å²) in [7, 11) is 0. The van der Waals surface area contributed by atoms with Crippen LogP contribution < -0.4 is 0 Å². The van der Waals surface area contributed by atoms with Crippen molar-refractivity contribution in [2.45, 2.75) is 6.92 Å². The van der Waals surface area contributed by atoms with Crippen LogP contribution in [0, 0.1) is 6.92 Å². The summed E-state index contributed by atoms with van der Waals surface area (Å²) >= 11 is 0. The van der Waals surface area contributed by atoms with E-state index in [1.165, 1.54) is 0 Å². The lowest BCUT2D eigenvalue weighted by molar-refractivity contribution is -0.132. The third-order valence-corrected chi connectivity index (χ3v) is 1.83. The van der Waals surface area contributed by atoms with Crippen LogP contribution >= 0.6 is 0 Å². The number of cyclic esters (lactones) is 1. The van der Waals surface area contributed by atoms with Crippen molar-refractivity contribution in [3.8, 4) is 0 Å². The predicted molar refractivity (Wildman–Crippen MR) is 48.7 cm³/mol. The molecule has 13 heavy (non-hydrogen) atoms. The molecule has 0 saturated heterocycles. The monoisotopic (exact) mass is 175 g/mol. The molecule has 0 radical (unpaired) electrons. The van der Waals surface area contributed by atoms with E-state index in [1.54, 1.807) is 0 Å². The molecule has 0 bridgehead atoms. The van der Waals surface area contributed by atoms with Gasteiger partial charge < -0.3 is 4.74 Å². The third-order valence-electron chi connectivity index (χ3n) is 1.83. The first-order chi connectivity index (χ1) is 6.25. The smallest absolute Gasteiger partial charge is 0.334 e. The topological polar surface area (TPSA) is 38.7 Å². The molecule has 1 heterocycles. The van der Waals surface area contributed by atoms with Gasteiger partial charge in [0.15, 0.2) is 0 Å². The summed E-state index contributed by atoms with van der Waals surface area (Å²) in [5.74, 6) is 0.158. The SMILES string of the molecule is Cc1cccc(C2=NCC(=O)O2)c1. The van der Waals surface area contributed by atoms with Crippen molar-refractivity contribution in [3.05, 3.63) is 35.4 Å². The summed E-state index contributed by atoms with van der Waals surface area (Å²) in [6.07, 6.45) is 0. The van der Waals surface area contributed by atoms with Crippen LogP contribution in [0.5, 0.6) is 0 Å². The molecule has 2 rings (SSSR count). The lowest BCUT2D eigenvalue weighted by atomic mass is 10.1. The van der Waals surface area contributed by atoms with E-state index in [9.17, 15) is 4.79 Å². The lowest BCUT2D eigenvalue weighted by Gasteiger charge is -2.00. The Morgan fingerprint density at radius 2 is 2.31 bits per heavy atom. The minimum atomic E-state index is -0.281. The molecule has 0 N–H and O–H groups in total. The molecule has 1 aliphatic heterocycles. The van der Waals surface area contributed by atoms with Gasteiger partial charge in [-0.05, 0) is 19.1 Å². The largest absolute Gasteiger partial charge is 0.406 e. The van der Waals surface area contributed by atoms with Crippen LogP contribution in [0.1, 0.15) is 11.1 Å². The number of benzene rings is 1. The number of aliphatic imine (C=N–C) groups is 1. The summed E-state index contributed by atoms with van der Waals surface area (Å²) in [5.41, 5.74) is 1.99. The maximum Gasteiger partial charge on any atom is 0.334 e. The Balaban J connectivity index is 2.31. The third kappa shape index (κ3) is 1.59. The first-order valence-electron chi connectivity index (χ1n) is 4.08. The molecule has 0 spiro atoms. The van der Waals surface area contributed by atoms with E-state index in [0.717, 1.165) is 11.1 Å². The number of hydrogen-bond acceptors (Lipinski definition) is 3. The molecular weight excluding hydrogens is 166 g/mol. The molecule has 0 saturated carbocycles. The van der Waals surface area contributed by atoms with Crippen LogP contribution in [0.3, 0.4) is 0 Å². The molecule has 3 nitrogen and oxygen atoms in total. The fourth-order valence-electron chi connectivity index (χ4n) is 1.24. The van der Waals surface area contributed by atoms with Gasteiger partial charge >= 0.3 is 5.97 Å². The zero-order chi connectivity index (χ0) is 9.26. The number of carbonyl (C=O) groups excluding carboxylic acids is 1. The molecule has 1 aromatic carbocycles. The van der Waals surface area contributed by atoms with Crippen molar-refractivity contribution >= 4 is 11.9 Å². The molecule has 1 aliphatic rings. The van der Waals surface area contributed by atoms with Gasteiger partial charge in [-0.2, -0.15) is 0 Å². The van der Waals surface area contributed by atoms with Gasteiger partial charge in [0.1, 0.15) is 6.54 Å². The van der Waals surface area contributed by atoms with Crippen LogP contribution in [0.15, 0.2) is 29.3 Å². The van der Waals surface area contributed by atoms with E-state index < -0.39 is 0 Å². The second kappa shape index (κ2) is 3.01. The number of aryl methyl sites for hydroxylation is 1. The molecule has 0 fully saturated rings. The number of nitrogens with zero attached hydrogens (tertiary/aromatic N) is 1. The standard InChI is InChI=1S/C10H9NO2/c1-7-3-2-4-8(5-7)10-11-6-9(12)13-10/h2-5H,6H2,1H3. The highest BCUT2D eigenvalue weighted by atomic mass is 16.6. The second-order valence-corrected chi connectivity index (χ2v) is 2.96. The number of hydrogen-bond donors (Lipinski definition) is 0. The lowest BCUT2D eigenvalue weighted by Crippen LogP contribution is -2.05. The van der Waals surface area contributed by atoms with Gasteiger partial charge in [-0.3, -0.25) is 0 Å². The quantitative estimate of drug-likeness (QED) is 0.603. The normalized spacial score (nSPS) is 15.5. The average Bonchev–Trinajstić information content (AvgIpc) is 2.52. The Morgan fingerprint density at radius 1 is 1.46 bits per heavy atom. The minimum absolute atomic E-state index is 0.142. The molecule has 0 aromatic heterocycles. The maximum atomic E-state index is 10.8. The molecule has 0 aliphatic carbocycles. The molecule has 1 aromatic rings. The predicted octanol–water partition coefficient (Wildman–Crippen LogP) is 1.30. The first kappa shape index (κ1) is 7.98. The van der Waals surface area contributed by atoms with Crippen molar-refractivity contribution in [1.82, 2.24) is 0 Å². The maximum absolute atomic E-state index is 10.8. The Labute approximate surface area is 76.1 Å². The van der Waals surface area contributed by atoms with Crippen LogP contribution in [0.4, 0.5) is 0 Å². The number of esters is 1. The summed E-state index contributed by atoms with van der Waals surface area (Å²) in [4.78, 5) is 14.7. The zero-order valence-electron chi connectivity index (χ0n) is 7.28. The van der Waals surface area contributed by atoms with E-state index in [4.69, 9.17) is 4.74 Å². The Hall–Kier alpha value is -1.64. The Bertz CT molecular complexity index is 382. The van der Waals surface area contributed by atoms with Crippen molar-refractivity contribution in [2.24, 2.45) is 4.99 Å². The highest BCUT2D eigenvalue weighted by Gasteiger charge is 2.17. The Morgan fingerprint density at radius 3 is 2.92 bits per heavy atom. The van der Waals surface area contributed by atoms with E-state index >= 15 is 0 Å². The van der Waals surface area contributed by atoms with Crippen molar-refractivity contribution in [3.63, 3.8) is 0 Å². The van der Waals surface area contributed by atoms with Crippen LogP contribution in [-0.2, 0) is 9.53 Å². The highest BCUT2D eigenvalue weighted by molar-refractivity contribution is 6.04. The second-order valence-electron chi connectivity index (χ2n) is 2.96. The molecule has 66 valence electrons. The molecule has 0 atom stereocenters. The van der Waals surface area contributed by atoms with Gasteiger partial charge in [-0.25, -0.2) is 9.79 Å². The van der Waals surface area contributed by atoms with Crippen molar-refractivity contribution in [2.75, 3.05) is 6.54 Å². The molecule has 0 amide bonds. The van der Waals surface area contributed by atoms with Crippen LogP contribution in [0.2, 0.25) is 0 Å². The average molecular weight is 175 g/mol. The van der Waals surface area contributed by atoms with Gasteiger partial charge in [-0.1, -0.05) is 17.7 Å². The summed E-state index contributed by atoms with van der Waals surface area (Å²) in [5, 5.41) is 0. The molecular formula is C10H9NO2. The minimum Gasteiger partial charge on any atom is -0.406 e. The highest BCUT2D eigenvalue weighted by Crippen LogP contribution is 2.10. The number of ether oxygens (including phenoxy) is 1. The van der Waals surface area contributed by atoms with E-state index in [1.807, 2.05) is 31.2 Å². The summed E-state index contributed by atoms with van der Waals surface area (Å²) in [6, 6.07) is 7.72. The summed E-state index contributed by atoms with van der Waals surface area (Å²) in [6.45, 7) is 2.13.